The Kier molecular flexibility index (Phi) is 5.67. The minimum absolute atomic E-state index is 0.114. The number of methoxy groups -OCH3 is 1. The van der Waals surface area contributed by atoms with Crippen molar-refractivity contribution in [2.24, 2.45) is 0 Å². The van der Waals surface area contributed by atoms with E-state index in [0.29, 0.717) is 44.1 Å². The zero-order valence-electron chi connectivity index (χ0n) is 11.6. The summed E-state index contributed by atoms with van der Waals surface area (Å²) in [6, 6.07) is 0. The van der Waals surface area contributed by atoms with Gasteiger partial charge >= 0.3 is 5.97 Å². The molecule has 1 aliphatic rings. The van der Waals surface area contributed by atoms with Crippen LogP contribution >= 0.6 is 0 Å². The van der Waals surface area contributed by atoms with E-state index in [9.17, 15) is 14.4 Å². The summed E-state index contributed by atoms with van der Waals surface area (Å²) >= 11 is 0. The molecule has 0 amide bonds. The number of esters is 1. The molecule has 19 heavy (non-hydrogen) atoms. The molecule has 0 saturated carbocycles. The average molecular weight is 264 g/mol. The smallest absolute Gasteiger partial charge is 0.333 e. The second-order valence-electron chi connectivity index (χ2n) is 4.92. The molecule has 0 atom stereocenters. The van der Waals surface area contributed by atoms with Crippen LogP contribution in [0, 0.1) is 0 Å². The Morgan fingerprint density at radius 1 is 1.26 bits per heavy atom. The van der Waals surface area contributed by atoms with Crippen LogP contribution in [0.2, 0.25) is 0 Å². The maximum atomic E-state index is 11.7. The summed E-state index contributed by atoms with van der Waals surface area (Å²) in [5.41, 5.74) is 2.28. The van der Waals surface area contributed by atoms with Crippen LogP contribution in [0.1, 0.15) is 45.4 Å². The van der Waals surface area contributed by atoms with Crippen molar-refractivity contribution in [2.75, 3.05) is 7.11 Å². The van der Waals surface area contributed by atoms with E-state index in [1.807, 2.05) is 0 Å². The molecule has 4 heteroatoms. The minimum atomic E-state index is -0.359. The first kappa shape index (κ1) is 15.3. The van der Waals surface area contributed by atoms with Crippen molar-refractivity contribution in [2.45, 2.75) is 45.4 Å². The molecular formula is C15H20O4. The summed E-state index contributed by atoms with van der Waals surface area (Å²) in [6.07, 6.45) is 2.69. The molecule has 0 heterocycles. The van der Waals surface area contributed by atoms with E-state index in [1.165, 1.54) is 14.0 Å². The molecule has 0 saturated heterocycles. The van der Waals surface area contributed by atoms with E-state index in [1.54, 1.807) is 0 Å². The van der Waals surface area contributed by atoms with Gasteiger partial charge in [0.2, 0.25) is 0 Å². The van der Waals surface area contributed by atoms with Crippen molar-refractivity contribution < 1.29 is 19.1 Å². The quantitative estimate of drug-likeness (QED) is 0.546. The average Bonchev–Trinajstić information content (AvgIpc) is 2.35. The van der Waals surface area contributed by atoms with Gasteiger partial charge in [0.25, 0.3) is 0 Å². The Bertz CT molecular complexity index is 443. The largest absolute Gasteiger partial charge is 0.466 e. The van der Waals surface area contributed by atoms with Crippen LogP contribution in [0.15, 0.2) is 23.3 Å². The van der Waals surface area contributed by atoms with Gasteiger partial charge in [-0.1, -0.05) is 12.2 Å². The summed E-state index contributed by atoms with van der Waals surface area (Å²) in [4.78, 5) is 34.1. The van der Waals surface area contributed by atoms with Crippen LogP contribution in [0.5, 0.6) is 0 Å². The molecule has 1 rings (SSSR count). The monoisotopic (exact) mass is 264 g/mol. The molecule has 0 aromatic carbocycles. The Morgan fingerprint density at radius 3 is 2.53 bits per heavy atom. The number of rotatable bonds is 6. The number of carbonyl (C=O) groups is 3. The molecule has 104 valence electrons. The number of allylic oxidation sites excluding steroid dienone is 2. The summed E-state index contributed by atoms with van der Waals surface area (Å²) < 4.78 is 4.74. The van der Waals surface area contributed by atoms with Gasteiger partial charge in [0.05, 0.1) is 7.11 Å². The minimum Gasteiger partial charge on any atom is -0.466 e. The van der Waals surface area contributed by atoms with Gasteiger partial charge in [0.1, 0.15) is 11.6 Å². The highest BCUT2D eigenvalue weighted by Gasteiger charge is 2.24. The SMILES string of the molecule is C=C(CCC(C)=O)CC1=C(C(=O)OC)CCC(=O)C1. The molecule has 0 unspecified atom stereocenters. The van der Waals surface area contributed by atoms with Crippen LogP contribution in [0.25, 0.3) is 0 Å². The molecule has 0 aromatic rings. The number of hydrogen-bond donors (Lipinski definition) is 0. The predicted octanol–water partition coefficient (Wildman–Crippen LogP) is 2.52. The highest BCUT2D eigenvalue weighted by molar-refractivity contribution is 5.94. The lowest BCUT2D eigenvalue weighted by atomic mass is 9.86. The van der Waals surface area contributed by atoms with Crippen LogP contribution in [0.3, 0.4) is 0 Å². The first-order valence-corrected chi connectivity index (χ1v) is 6.41. The van der Waals surface area contributed by atoms with E-state index in [2.05, 4.69) is 6.58 Å². The fourth-order valence-corrected chi connectivity index (χ4v) is 2.16. The van der Waals surface area contributed by atoms with Crippen LogP contribution in [-0.2, 0) is 19.1 Å². The van der Waals surface area contributed by atoms with Gasteiger partial charge in [0.15, 0.2) is 0 Å². The molecule has 0 bridgehead atoms. The van der Waals surface area contributed by atoms with E-state index in [-0.39, 0.29) is 17.5 Å². The fourth-order valence-electron chi connectivity index (χ4n) is 2.16. The molecule has 0 N–H and O–H groups in total. The van der Waals surface area contributed by atoms with Gasteiger partial charge in [0, 0.05) is 24.8 Å². The maximum absolute atomic E-state index is 11.7. The highest BCUT2D eigenvalue weighted by atomic mass is 16.5. The molecule has 0 fully saturated rings. The molecule has 1 aliphatic carbocycles. The Labute approximate surface area is 113 Å². The fraction of sp³-hybridized carbons (Fsp3) is 0.533. The number of ether oxygens (including phenoxy) is 1. The van der Waals surface area contributed by atoms with Gasteiger partial charge in [-0.25, -0.2) is 4.79 Å². The second kappa shape index (κ2) is 7.02. The normalized spacial score (nSPS) is 15.4. The van der Waals surface area contributed by atoms with Crippen molar-refractivity contribution in [3.63, 3.8) is 0 Å². The van der Waals surface area contributed by atoms with Crippen molar-refractivity contribution in [3.8, 4) is 0 Å². The van der Waals surface area contributed by atoms with Crippen molar-refractivity contribution in [3.05, 3.63) is 23.3 Å². The zero-order valence-corrected chi connectivity index (χ0v) is 11.6. The van der Waals surface area contributed by atoms with Crippen LogP contribution < -0.4 is 0 Å². The van der Waals surface area contributed by atoms with E-state index in [0.717, 1.165) is 11.1 Å². The number of hydrogen-bond acceptors (Lipinski definition) is 4. The molecular weight excluding hydrogens is 244 g/mol. The zero-order chi connectivity index (χ0) is 14.4. The summed E-state index contributed by atoms with van der Waals surface area (Å²) in [6.45, 7) is 5.45. The number of ketones is 2. The Balaban J connectivity index is 2.76. The van der Waals surface area contributed by atoms with Crippen LogP contribution in [-0.4, -0.2) is 24.6 Å². The first-order chi connectivity index (χ1) is 8.93. The molecule has 0 aliphatic heterocycles. The first-order valence-electron chi connectivity index (χ1n) is 6.41. The Morgan fingerprint density at radius 2 is 1.95 bits per heavy atom. The molecule has 0 aromatic heterocycles. The van der Waals surface area contributed by atoms with Gasteiger partial charge < -0.3 is 9.53 Å². The third kappa shape index (κ3) is 4.81. The van der Waals surface area contributed by atoms with Crippen molar-refractivity contribution in [1.82, 2.24) is 0 Å². The van der Waals surface area contributed by atoms with E-state index in [4.69, 9.17) is 4.74 Å². The van der Waals surface area contributed by atoms with E-state index >= 15 is 0 Å². The predicted molar refractivity (Wildman–Crippen MR) is 71.6 cm³/mol. The number of Topliss-reactive ketones (excluding diaryl/α,β-unsaturated/α-hetero) is 2. The molecule has 0 spiro atoms. The summed E-state index contributed by atoms with van der Waals surface area (Å²) in [5.74, 6) is -0.105. The molecule has 0 radical (unpaired) electrons. The summed E-state index contributed by atoms with van der Waals surface area (Å²) in [5, 5.41) is 0. The third-order valence-electron chi connectivity index (χ3n) is 3.22. The highest BCUT2D eigenvalue weighted by Crippen LogP contribution is 2.29. The van der Waals surface area contributed by atoms with Crippen molar-refractivity contribution in [1.29, 1.82) is 0 Å². The standard InChI is InChI=1S/C15H20O4/c1-10(4-5-11(2)16)8-12-9-13(17)6-7-14(12)15(18)19-3/h1,4-9H2,2-3H3. The third-order valence-corrected chi connectivity index (χ3v) is 3.22. The maximum Gasteiger partial charge on any atom is 0.333 e. The Hall–Kier alpha value is -1.71. The van der Waals surface area contributed by atoms with Gasteiger partial charge in [-0.3, -0.25) is 4.79 Å². The molecule has 4 nitrogen and oxygen atoms in total. The topological polar surface area (TPSA) is 60.4 Å². The lowest BCUT2D eigenvalue weighted by molar-refractivity contribution is -0.136. The lowest BCUT2D eigenvalue weighted by Gasteiger charge is -2.19. The lowest BCUT2D eigenvalue weighted by Crippen LogP contribution is -2.17. The second-order valence-corrected chi connectivity index (χ2v) is 4.92. The van der Waals surface area contributed by atoms with Gasteiger partial charge in [-0.15, -0.1) is 0 Å². The number of carbonyl (C=O) groups excluding carboxylic acids is 3. The van der Waals surface area contributed by atoms with Gasteiger partial charge in [-0.2, -0.15) is 0 Å². The van der Waals surface area contributed by atoms with Gasteiger partial charge in [-0.05, 0) is 31.8 Å². The van der Waals surface area contributed by atoms with Crippen LogP contribution in [0.4, 0.5) is 0 Å². The van der Waals surface area contributed by atoms with Crippen molar-refractivity contribution >= 4 is 17.5 Å². The van der Waals surface area contributed by atoms with E-state index < -0.39 is 0 Å². The summed E-state index contributed by atoms with van der Waals surface area (Å²) in [7, 11) is 1.34.